The Morgan fingerprint density at radius 3 is 1.26 bits per heavy atom. The zero-order valence-electron chi connectivity index (χ0n) is 27.7. The molecule has 0 atom stereocenters. The maximum absolute atomic E-state index is 9.98. The van der Waals surface area contributed by atoms with Crippen molar-refractivity contribution in [3.05, 3.63) is 137 Å². The molecule has 0 N–H and O–H groups in total. The van der Waals surface area contributed by atoms with Crippen LogP contribution in [0.5, 0.6) is 0 Å². The average Bonchev–Trinajstić information content (AvgIpc) is 2.95. The van der Waals surface area contributed by atoms with Crippen LogP contribution in [-0.4, -0.2) is 21.5 Å². The minimum Gasteiger partial charge on any atom is -0.334 e. The van der Waals surface area contributed by atoms with Crippen molar-refractivity contribution in [3.8, 4) is 22.5 Å². The van der Waals surface area contributed by atoms with E-state index in [0.29, 0.717) is 0 Å². The molecule has 0 bridgehead atoms. The van der Waals surface area contributed by atoms with Crippen LogP contribution in [-0.2, 0) is 29.7 Å². The number of Topliss-reactive ketones (excluding diaryl/α,β-unsaturated/α-hetero) is 2. The van der Waals surface area contributed by atoms with Gasteiger partial charge in [0.2, 0.25) is 0 Å². The molecule has 0 radical (unpaired) electrons. The van der Waals surface area contributed by atoms with E-state index < -0.39 is 0 Å². The molecule has 0 fully saturated rings. The number of nitrogens with zero attached hydrogens (tertiary/aromatic N) is 2. The molecule has 4 nitrogen and oxygen atoms in total. The monoisotopic (exact) mass is 784 g/mol. The average molecular weight is 784 g/mol. The zero-order chi connectivity index (χ0) is 32.7. The molecular weight excluding hydrogens is 745 g/mol. The number of pyridine rings is 2. The van der Waals surface area contributed by atoms with Crippen LogP contribution in [0.4, 0.5) is 0 Å². The van der Waals surface area contributed by atoms with Gasteiger partial charge in [0.1, 0.15) is 0 Å². The van der Waals surface area contributed by atoms with E-state index in [-0.39, 0.29) is 31.7 Å². The summed E-state index contributed by atoms with van der Waals surface area (Å²) < 4.78 is 0. The summed E-state index contributed by atoms with van der Waals surface area (Å²) in [7, 11) is 0. The molecule has 46 heavy (non-hydrogen) atoms. The van der Waals surface area contributed by atoms with Gasteiger partial charge in [-0.3, -0.25) is 6.42 Å². The summed E-state index contributed by atoms with van der Waals surface area (Å²) in [5, 5.41) is 4.85. The van der Waals surface area contributed by atoms with Crippen LogP contribution < -0.4 is 0 Å². The van der Waals surface area contributed by atoms with Crippen molar-refractivity contribution in [1.82, 2.24) is 9.97 Å². The summed E-state index contributed by atoms with van der Waals surface area (Å²) in [6.07, 6.45) is 4.80. The second-order valence-electron chi connectivity index (χ2n) is 11.6. The standard InChI is InChI=1S/2C18H16N.C5H7O2.Ir/c2*1-12-4-5-15-6-7-19-18(17(15)11-12)16-9-13(2)8-14(3)10-16;1-4(6)3-5(2)7;/h2*4-9,11H,1-3H3;3H,1-2H3;/q3*-1;+3. The van der Waals surface area contributed by atoms with Gasteiger partial charge < -0.3 is 19.6 Å². The predicted octanol–water partition coefficient (Wildman–Crippen LogP) is 9.62. The number of ketones is 2. The molecule has 0 unspecified atom stereocenters. The van der Waals surface area contributed by atoms with E-state index in [9.17, 15) is 9.59 Å². The molecule has 2 heterocycles. The van der Waals surface area contributed by atoms with E-state index in [1.54, 1.807) is 0 Å². The Hall–Kier alpha value is -4.44. The van der Waals surface area contributed by atoms with Crippen LogP contribution in [0.3, 0.4) is 0 Å². The summed E-state index contributed by atoms with van der Waals surface area (Å²) in [5.41, 5.74) is 11.5. The molecule has 0 aliphatic heterocycles. The van der Waals surface area contributed by atoms with Gasteiger partial charge in [0.15, 0.2) is 0 Å². The van der Waals surface area contributed by atoms with E-state index in [1.165, 1.54) is 57.6 Å². The van der Waals surface area contributed by atoms with Gasteiger partial charge in [0.25, 0.3) is 0 Å². The summed E-state index contributed by atoms with van der Waals surface area (Å²) in [6.45, 7) is 15.3. The van der Waals surface area contributed by atoms with Crippen LogP contribution in [0.1, 0.15) is 47.2 Å². The van der Waals surface area contributed by atoms with Gasteiger partial charge in [-0.2, -0.15) is 0 Å². The quantitative estimate of drug-likeness (QED) is 0.132. The van der Waals surface area contributed by atoms with E-state index in [0.717, 1.165) is 40.1 Å². The molecule has 0 spiro atoms. The summed E-state index contributed by atoms with van der Waals surface area (Å²) >= 11 is 0. The maximum atomic E-state index is 9.98. The number of aromatic nitrogens is 2. The van der Waals surface area contributed by atoms with E-state index >= 15 is 0 Å². The van der Waals surface area contributed by atoms with Crippen molar-refractivity contribution in [3.63, 3.8) is 0 Å². The van der Waals surface area contributed by atoms with Crippen molar-refractivity contribution < 1.29 is 29.7 Å². The van der Waals surface area contributed by atoms with E-state index in [1.807, 2.05) is 12.4 Å². The Morgan fingerprint density at radius 1 is 0.543 bits per heavy atom. The number of benzene rings is 4. The molecule has 5 heteroatoms. The topological polar surface area (TPSA) is 59.9 Å². The van der Waals surface area contributed by atoms with Gasteiger partial charge in [-0.25, -0.2) is 0 Å². The van der Waals surface area contributed by atoms with Gasteiger partial charge >= 0.3 is 20.1 Å². The SMILES string of the molecule is CC(=O)[CH-]C(C)=O.Cc1[c-]c(-c2nccc3ccc(C)cc23)cc(C)c1.Cc1[c-]c(-c2nccc3ccc(C)cc23)cc(C)c1.[Ir+3]. The van der Waals surface area contributed by atoms with Crippen LogP contribution in [0.25, 0.3) is 44.1 Å². The number of rotatable bonds is 4. The van der Waals surface area contributed by atoms with E-state index in [4.69, 9.17) is 0 Å². The Kier molecular flexibility index (Phi) is 12.7. The van der Waals surface area contributed by atoms with Crippen LogP contribution in [0, 0.1) is 60.1 Å². The third kappa shape index (κ3) is 9.78. The third-order valence-electron chi connectivity index (χ3n) is 7.06. The molecule has 0 aliphatic carbocycles. The second-order valence-corrected chi connectivity index (χ2v) is 11.6. The van der Waals surface area contributed by atoms with Crippen LogP contribution >= 0.6 is 0 Å². The van der Waals surface area contributed by atoms with Crippen LogP contribution in [0.15, 0.2) is 85.2 Å². The summed E-state index contributed by atoms with van der Waals surface area (Å²) in [4.78, 5) is 29.1. The first-order chi connectivity index (χ1) is 21.4. The molecule has 234 valence electrons. The molecule has 6 rings (SSSR count). The minimum absolute atomic E-state index is 0. The first-order valence-corrected chi connectivity index (χ1v) is 15.0. The van der Waals surface area contributed by atoms with Crippen LogP contribution in [0.2, 0.25) is 0 Å². The molecule has 6 aromatic rings. The Morgan fingerprint density at radius 2 is 0.935 bits per heavy atom. The van der Waals surface area contributed by atoms with Crippen molar-refractivity contribution in [1.29, 1.82) is 0 Å². The molecule has 0 saturated heterocycles. The molecule has 0 amide bonds. The molecule has 0 saturated carbocycles. The fourth-order valence-corrected chi connectivity index (χ4v) is 5.33. The van der Waals surface area contributed by atoms with Gasteiger partial charge in [0, 0.05) is 24.0 Å². The smallest absolute Gasteiger partial charge is 0.334 e. The zero-order valence-corrected chi connectivity index (χ0v) is 30.1. The Labute approximate surface area is 286 Å². The van der Waals surface area contributed by atoms with Gasteiger partial charge in [-0.05, 0) is 72.8 Å². The molecule has 4 aromatic carbocycles. The van der Waals surface area contributed by atoms with Crippen molar-refractivity contribution in [2.24, 2.45) is 0 Å². The van der Waals surface area contributed by atoms with E-state index in [2.05, 4.69) is 136 Å². The number of hydrogen-bond acceptors (Lipinski definition) is 4. The molecular formula is C41H39IrN2O2. The fourth-order valence-electron chi connectivity index (χ4n) is 5.33. The minimum atomic E-state index is -0.187. The number of fused-ring (bicyclic) bond motifs is 2. The Balaban J connectivity index is 0.000000205. The third-order valence-corrected chi connectivity index (χ3v) is 7.06. The first-order valence-electron chi connectivity index (χ1n) is 15.0. The van der Waals surface area contributed by atoms with Gasteiger partial charge in [-0.15, -0.1) is 69.8 Å². The van der Waals surface area contributed by atoms with Crippen molar-refractivity contribution in [2.45, 2.75) is 55.4 Å². The molecule has 0 aliphatic rings. The number of aryl methyl sites for hydroxylation is 6. The fraction of sp³-hybridized carbons (Fsp3) is 0.195. The van der Waals surface area contributed by atoms with Crippen molar-refractivity contribution in [2.75, 3.05) is 0 Å². The number of hydrogen-bond donors (Lipinski definition) is 0. The summed E-state index contributed by atoms with van der Waals surface area (Å²) in [6, 6.07) is 32.5. The largest absolute Gasteiger partial charge is 3.00 e. The molecule has 2 aromatic heterocycles. The Bertz CT molecular complexity index is 1830. The van der Waals surface area contributed by atoms with Gasteiger partial charge in [0.05, 0.1) is 0 Å². The summed E-state index contributed by atoms with van der Waals surface area (Å²) in [5.74, 6) is -0.375. The maximum Gasteiger partial charge on any atom is 3.00 e. The normalized spacial score (nSPS) is 10.2. The van der Waals surface area contributed by atoms with Crippen molar-refractivity contribution >= 4 is 33.1 Å². The number of carbonyl (C=O) groups excluding carboxylic acids is 2. The predicted molar refractivity (Wildman–Crippen MR) is 186 cm³/mol. The number of carbonyl (C=O) groups is 2. The first kappa shape index (κ1) is 36.0. The van der Waals surface area contributed by atoms with Gasteiger partial charge in [-0.1, -0.05) is 75.2 Å². The second kappa shape index (κ2) is 16.2.